The van der Waals surface area contributed by atoms with Gasteiger partial charge in [0.05, 0.1) is 6.54 Å². The molecule has 27 heavy (non-hydrogen) atoms. The number of rotatable bonds is 4. The van der Waals surface area contributed by atoms with Gasteiger partial charge in [-0.25, -0.2) is 9.50 Å². The molecule has 0 saturated heterocycles. The maximum atomic E-state index is 12.8. The van der Waals surface area contributed by atoms with Gasteiger partial charge in [-0.3, -0.25) is 4.79 Å². The first-order valence-corrected chi connectivity index (χ1v) is 8.62. The van der Waals surface area contributed by atoms with Crippen molar-refractivity contribution < 1.29 is 9.32 Å². The van der Waals surface area contributed by atoms with Crippen LogP contribution in [-0.2, 0) is 6.54 Å². The zero-order valence-electron chi connectivity index (χ0n) is 15.4. The molecule has 0 aliphatic heterocycles. The van der Waals surface area contributed by atoms with Crippen molar-refractivity contribution >= 4 is 11.6 Å². The van der Waals surface area contributed by atoms with Crippen LogP contribution in [0.5, 0.6) is 0 Å². The molecule has 7 nitrogen and oxygen atoms in total. The Bertz CT molecular complexity index is 1110. The van der Waals surface area contributed by atoms with Gasteiger partial charge >= 0.3 is 0 Å². The quantitative estimate of drug-likeness (QED) is 0.557. The van der Waals surface area contributed by atoms with Gasteiger partial charge in [0, 0.05) is 36.1 Å². The van der Waals surface area contributed by atoms with E-state index in [1.807, 2.05) is 56.3 Å². The molecule has 4 aromatic rings. The number of aromatic nitrogens is 4. The summed E-state index contributed by atoms with van der Waals surface area (Å²) in [6, 6.07) is 15.2. The lowest BCUT2D eigenvalue weighted by Gasteiger charge is -2.13. The number of aryl methyl sites for hydroxylation is 2. The topological polar surface area (TPSA) is 76.5 Å². The SMILES string of the molecule is Cc1cc(C)n2nc(C(=O)N(C)Cc3cc(-c4ccccc4)no3)cc2n1. The summed E-state index contributed by atoms with van der Waals surface area (Å²) in [5.41, 5.74) is 4.55. The van der Waals surface area contributed by atoms with E-state index in [2.05, 4.69) is 15.2 Å². The highest BCUT2D eigenvalue weighted by Crippen LogP contribution is 2.19. The van der Waals surface area contributed by atoms with Gasteiger partial charge in [-0.2, -0.15) is 5.10 Å². The molecule has 0 bridgehead atoms. The van der Waals surface area contributed by atoms with Crippen molar-refractivity contribution in [2.75, 3.05) is 7.05 Å². The van der Waals surface area contributed by atoms with Crippen molar-refractivity contribution in [2.24, 2.45) is 0 Å². The third-order valence-electron chi connectivity index (χ3n) is 4.32. The number of amides is 1. The van der Waals surface area contributed by atoms with Crippen molar-refractivity contribution in [1.82, 2.24) is 24.7 Å². The first kappa shape index (κ1) is 17.0. The minimum atomic E-state index is -0.199. The second-order valence-corrected chi connectivity index (χ2v) is 6.54. The van der Waals surface area contributed by atoms with Gasteiger partial charge in [0.15, 0.2) is 17.1 Å². The first-order chi connectivity index (χ1) is 13.0. The minimum Gasteiger partial charge on any atom is -0.359 e. The fourth-order valence-electron chi connectivity index (χ4n) is 3.02. The molecule has 0 spiro atoms. The highest BCUT2D eigenvalue weighted by Gasteiger charge is 2.19. The lowest BCUT2D eigenvalue weighted by Crippen LogP contribution is -2.26. The van der Waals surface area contributed by atoms with Gasteiger partial charge in [-0.05, 0) is 19.9 Å². The van der Waals surface area contributed by atoms with E-state index in [4.69, 9.17) is 4.52 Å². The molecule has 0 aliphatic rings. The molecule has 1 amide bonds. The zero-order valence-corrected chi connectivity index (χ0v) is 15.4. The van der Waals surface area contributed by atoms with Crippen molar-refractivity contribution in [3.63, 3.8) is 0 Å². The standard InChI is InChI=1S/C20H19N5O2/c1-13-9-14(2)25-19(21-13)11-18(22-25)20(26)24(3)12-16-10-17(23-27-16)15-7-5-4-6-8-15/h4-11H,12H2,1-3H3. The number of carbonyl (C=O) groups excluding carboxylic acids is 1. The van der Waals surface area contributed by atoms with Crippen LogP contribution in [0.4, 0.5) is 0 Å². The van der Waals surface area contributed by atoms with Gasteiger partial charge in [-0.15, -0.1) is 0 Å². The molecule has 1 aromatic carbocycles. The lowest BCUT2D eigenvalue weighted by atomic mass is 10.1. The average molecular weight is 361 g/mol. The molecule has 0 atom stereocenters. The van der Waals surface area contributed by atoms with Crippen LogP contribution in [0.15, 0.2) is 53.1 Å². The Morgan fingerprint density at radius 3 is 2.70 bits per heavy atom. The van der Waals surface area contributed by atoms with Crippen LogP contribution in [0, 0.1) is 13.8 Å². The number of carbonyl (C=O) groups is 1. The van der Waals surface area contributed by atoms with Crippen LogP contribution in [0.2, 0.25) is 0 Å². The second kappa shape index (κ2) is 6.68. The first-order valence-electron chi connectivity index (χ1n) is 8.62. The summed E-state index contributed by atoms with van der Waals surface area (Å²) in [6.45, 7) is 4.16. The van der Waals surface area contributed by atoms with Crippen LogP contribution < -0.4 is 0 Å². The van der Waals surface area contributed by atoms with Gasteiger partial charge in [-0.1, -0.05) is 35.5 Å². The normalized spacial score (nSPS) is 11.1. The van der Waals surface area contributed by atoms with E-state index in [9.17, 15) is 4.79 Å². The Balaban J connectivity index is 1.53. The molecule has 4 rings (SSSR count). The van der Waals surface area contributed by atoms with E-state index in [1.165, 1.54) is 0 Å². The van der Waals surface area contributed by atoms with E-state index in [0.717, 1.165) is 22.6 Å². The Labute approximate surface area is 156 Å². The zero-order chi connectivity index (χ0) is 19.0. The largest absolute Gasteiger partial charge is 0.359 e. The lowest BCUT2D eigenvalue weighted by molar-refractivity contribution is 0.0766. The number of hydrogen-bond acceptors (Lipinski definition) is 5. The summed E-state index contributed by atoms with van der Waals surface area (Å²) < 4.78 is 7.06. The predicted molar refractivity (Wildman–Crippen MR) is 100 cm³/mol. The van der Waals surface area contributed by atoms with E-state index in [0.29, 0.717) is 23.6 Å². The smallest absolute Gasteiger partial charge is 0.274 e. The molecule has 0 saturated carbocycles. The molecule has 7 heteroatoms. The Morgan fingerprint density at radius 2 is 1.93 bits per heavy atom. The fraction of sp³-hybridized carbons (Fsp3) is 0.200. The van der Waals surface area contributed by atoms with E-state index < -0.39 is 0 Å². The Morgan fingerprint density at radius 1 is 1.15 bits per heavy atom. The van der Waals surface area contributed by atoms with Crippen molar-refractivity contribution in [3.8, 4) is 11.3 Å². The molecule has 0 radical (unpaired) electrons. The predicted octanol–water partition coefficient (Wildman–Crippen LogP) is 3.27. The maximum absolute atomic E-state index is 12.8. The summed E-state index contributed by atoms with van der Waals surface area (Å²) in [5.74, 6) is 0.411. The Kier molecular flexibility index (Phi) is 4.19. The molecule has 3 heterocycles. The summed E-state index contributed by atoms with van der Waals surface area (Å²) >= 11 is 0. The van der Waals surface area contributed by atoms with Crippen molar-refractivity contribution in [3.05, 3.63) is 71.4 Å². The van der Waals surface area contributed by atoms with Crippen LogP contribution in [-0.4, -0.2) is 37.6 Å². The summed E-state index contributed by atoms with van der Waals surface area (Å²) in [4.78, 5) is 18.7. The number of benzene rings is 1. The summed E-state index contributed by atoms with van der Waals surface area (Å²) in [7, 11) is 1.71. The van der Waals surface area contributed by atoms with Gasteiger partial charge < -0.3 is 9.42 Å². The summed E-state index contributed by atoms with van der Waals surface area (Å²) in [6.07, 6.45) is 0. The van der Waals surface area contributed by atoms with Crippen molar-refractivity contribution in [1.29, 1.82) is 0 Å². The monoisotopic (exact) mass is 361 g/mol. The third kappa shape index (κ3) is 3.31. The molecule has 0 N–H and O–H groups in total. The maximum Gasteiger partial charge on any atom is 0.274 e. The van der Waals surface area contributed by atoms with Crippen LogP contribution in [0.25, 0.3) is 16.9 Å². The number of fused-ring (bicyclic) bond motifs is 1. The van der Waals surface area contributed by atoms with E-state index >= 15 is 0 Å². The summed E-state index contributed by atoms with van der Waals surface area (Å²) in [5, 5.41) is 8.47. The van der Waals surface area contributed by atoms with Gasteiger partial charge in [0.25, 0.3) is 5.91 Å². The second-order valence-electron chi connectivity index (χ2n) is 6.54. The number of hydrogen-bond donors (Lipinski definition) is 0. The Hall–Kier alpha value is -3.48. The molecule has 136 valence electrons. The van der Waals surface area contributed by atoms with E-state index in [1.54, 1.807) is 22.5 Å². The molecule has 0 unspecified atom stereocenters. The van der Waals surface area contributed by atoms with Crippen molar-refractivity contribution in [2.45, 2.75) is 20.4 Å². The van der Waals surface area contributed by atoms with Crippen LogP contribution in [0.3, 0.4) is 0 Å². The number of nitrogens with zero attached hydrogens (tertiary/aromatic N) is 5. The van der Waals surface area contributed by atoms with E-state index in [-0.39, 0.29) is 5.91 Å². The molecule has 0 fully saturated rings. The highest BCUT2D eigenvalue weighted by atomic mass is 16.5. The fourth-order valence-corrected chi connectivity index (χ4v) is 3.02. The minimum absolute atomic E-state index is 0.199. The highest BCUT2D eigenvalue weighted by molar-refractivity contribution is 5.93. The van der Waals surface area contributed by atoms with Crippen LogP contribution in [0.1, 0.15) is 27.6 Å². The van der Waals surface area contributed by atoms with Crippen LogP contribution >= 0.6 is 0 Å². The molecule has 3 aromatic heterocycles. The third-order valence-corrected chi connectivity index (χ3v) is 4.32. The van der Waals surface area contributed by atoms with Gasteiger partial charge in [0.2, 0.25) is 0 Å². The molecule has 0 aliphatic carbocycles. The molecular formula is C20H19N5O2. The molecular weight excluding hydrogens is 342 g/mol. The average Bonchev–Trinajstić information content (AvgIpc) is 3.29. The van der Waals surface area contributed by atoms with Gasteiger partial charge in [0.1, 0.15) is 5.69 Å².